The Bertz CT molecular complexity index is 207. The van der Waals surface area contributed by atoms with Crippen LogP contribution in [0.15, 0.2) is 12.7 Å². The molecule has 0 saturated heterocycles. The van der Waals surface area contributed by atoms with Crippen LogP contribution < -0.4 is 11.3 Å². The molecule has 2 unspecified atom stereocenters. The largest absolute Gasteiger partial charge is 0.393 e. The highest BCUT2D eigenvalue weighted by molar-refractivity contribution is 5.78. The van der Waals surface area contributed by atoms with Crippen LogP contribution in [0.3, 0.4) is 0 Å². The number of aliphatic hydroxyl groups excluding tert-OH is 1. The fraction of sp³-hybridized carbons (Fsp3) is 0.750. The minimum Gasteiger partial charge on any atom is -0.393 e. The summed E-state index contributed by atoms with van der Waals surface area (Å²) in [5, 5.41) is 9.76. The SMILES string of the molecule is C=CCC(CC(O)CCCCC)C(=O)NN. The first-order valence-corrected chi connectivity index (χ1v) is 5.95. The van der Waals surface area contributed by atoms with E-state index in [1.54, 1.807) is 6.08 Å². The maximum absolute atomic E-state index is 11.4. The quantitative estimate of drug-likeness (QED) is 0.184. The van der Waals surface area contributed by atoms with E-state index in [0.29, 0.717) is 12.8 Å². The first-order valence-electron chi connectivity index (χ1n) is 5.95. The molecule has 4 N–H and O–H groups in total. The van der Waals surface area contributed by atoms with Crippen LogP contribution in [0, 0.1) is 5.92 Å². The Hall–Kier alpha value is -0.870. The van der Waals surface area contributed by atoms with E-state index in [2.05, 4.69) is 18.9 Å². The van der Waals surface area contributed by atoms with E-state index in [0.717, 1.165) is 25.7 Å². The number of allylic oxidation sites excluding steroid dienone is 1. The monoisotopic (exact) mass is 228 g/mol. The third-order valence-electron chi connectivity index (χ3n) is 2.66. The van der Waals surface area contributed by atoms with E-state index in [9.17, 15) is 9.90 Å². The lowest BCUT2D eigenvalue weighted by Crippen LogP contribution is -2.37. The first-order chi connectivity index (χ1) is 7.65. The molecule has 0 aliphatic carbocycles. The smallest absolute Gasteiger partial charge is 0.237 e. The van der Waals surface area contributed by atoms with E-state index in [1.807, 2.05) is 0 Å². The lowest BCUT2D eigenvalue weighted by atomic mass is 9.94. The topological polar surface area (TPSA) is 75.3 Å². The lowest BCUT2D eigenvalue weighted by molar-refractivity contribution is -0.126. The van der Waals surface area contributed by atoms with Gasteiger partial charge in [0.2, 0.25) is 5.91 Å². The Morgan fingerprint density at radius 1 is 1.56 bits per heavy atom. The summed E-state index contributed by atoms with van der Waals surface area (Å²) in [6.45, 7) is 5.72. The summed E-state index contributed by atoms with van der Waals surface area (Å²) in [5.74, 6) is 4.59. The third-order valence-corrected chi connectivity index (χ3v) is 2.66. The van der Waals surface area contributed by atoms with Crippen molar-refractivity contribution in [3.8, 4) is 0 Å². The zero-order chi connectivity index (χ0) is 12.4. The number of aliphatic hydroxyl groups is 1. The van der Waals surface area contributed by atoms with Crippen molar-refractivity contribution in [3.05, 3.63) is 12.7 Å². The van der Waals surface area contributed by atoms with E-state index in [4.69, 9.17) is 5.84 Å². The second-order valence-electron chi connectivity index (χ2n) is 4.12. The molecule has 0 fully saturated rings. The maximum atomic E-state index is 11.4. The average Bonchev–Trinajstić information content (AvgIpc) is 2.28. The Balaban J connectivity index is 3.97. The van der Waals surface area contributed by atoms with Gasteiger partial charge in [-0.25, -0.2) is 5.84 Å². The highest BCUT2D eigenvalue weighted by atomic mass is 16.3. The van der Waals surface area contributed by atoms with Crippen LogP contribution in [0.25, 0.3) is 0 Å². The third kappa shape index (κ3) is 6.58. The fourth-order valence-corrected chi connectivity index (χ4v) is 1.71. The molecule has 0 bridgehead atoms. The molecule has 0 aliphatic heterocycles. The maximum Gasteiger partial charge on any atom is 0.237 e. The van der Waals surface area contributed by atoms with E-state index < -0.39 is 6.10 Å². The molecule has 0 rings (SSSR count). The highest BCUT2D eigenvalue weighted by Crippen LogP contribution is 2.16. The predicted molar refractivity (Wildman–Crippen MR) is 65.4 cm³/mol. The number of rotatable bonds is 9. The van der Waals surface area contributed by atoms with E-state index in [-0.39, 0.29) is 11.8 Å². The van der Waals surface area contributed by atoms with Gasteiger partial charge in [-0.1, -0.05) is 32.3 Å². The van der Waals surface area contributed by atoms with Gasteiger partial charge in [0.1, 0.15) is 0 Å². The van der Waals surface area contributed by atoms with Gasteiger partial charge in [0.05, 0.1) is 6.10 Å². The molecule has 0 heterocycles. The minimum absolute atomic E-state index is 0.227. The second-order valence-corrected chi connectivity index (χ2v) is 4.12. The van der Waals surface area contributed by atoms with Crippen molar-refractivity contribution < 1.29 is 9.90 Å². The molecule has 0 saturated carbocycles. The fourth-order valence-electron chi connectivity index (χ4n) is 1.71. The number of carbonyl (C=O) groups excluding carboxylic acids is 1. The normalized spacial score (nSPS) is 14.2. The number of nitrogens with one attached hydrogen (secondary N) is 1. The van der Waals surface area contributed by atoms with Gasteiger partial charge in [0, 0.05) is 5.92 Å². The molecular weight excluding hydrogens is 204 g/mol. The van der Waals surface area contributed by atoms with Gasteiger partial charge in [-0.05, 0) is 19.3 Å². The Labute approximate surface area is 97.9 Å². The lowest BCUT2D eigenvalue weighted by Gasteiger charge is -2.17. The molecule has 1 amide bonds. The van der Waals surface area contributed by atoms with E-state index in [1.165, 1.54) is 0 Å². The second kappa shape index (κ2) is 9.36. The molecule has 0 aromatic rings. The predicted octanol–water partition coefficient (Wildman–Crippen LogP) is 1.50. The summed E-state index contributed by atoms with van der Waals surface area (Å²) in [6.07, 6.45) is 6.26. The summed E-state index contributed by atoms with van der Waals surface area (Å²) < 4.78 is 0. The summed E-state index contributed by atoms with van der Waals surface area (Å²) in [6, 6.07) is 0. The number of nitrogens with two attached hydrogens (primary N) is 1. The molecule has 4 nitrogen and oxygen atoms in total. The van der Waals surface area contributed by atoms with Crippen molar-refractivity contribution in [2.45, 2.75) is 51.6 Å². The Morgan fingerprint density at radius 3 is 2.75 bits per heavy atom. The zero-order valence-electron chi connectivity index (χ0n) is 10.1. The number of hydrazine groups is 1. The first kappa shape index (κ1) is 15.1. The van der Waals surface area contributed by atoms with Crippen molar-refractivity contribution in [2.75, 3.05) is 0 Å². The molecule has 94 valence electrons. The molecular formula is C12H24N2O2. The van der Waals surface area contributed by atoms with Gasteiger partial charge >= 0.3 is 0 Å². The number of unbranched alkanes of at least 4 members (excludes halogenated alkanes) is 2. The van der Waals surface area contributed by atoms with Gasteiger partial charge < -0.3 is 5.11 Å². The number of hydrogen-bond acceptors (Lipinski definition) is 3. The molecule has 4 heteroatoms. The van der Waals surface area contributed by atoms with Crippen molar-refractivity contribution in [1.82, 2.24) is 5.43 Å². The van der Waals surface area contributed by atoms with E-state index >= 15 is 0 Å². The van der Waals surface area contributed by atoms with Crippen LogP contribution in [0.5, 0.6) is 0 Å². The highest BCUT2D eigenvalue weighted by Gasteiger charge is 2.19. The van der Waals surface area contributed by atoms with Crippen LogP contribution >= 0.6 is 0 Å². The number of carbonyl (C=O) groups is 1. The van der Waals surface area contributed by atoms with Crippen molar-refractivity contribution in [3.63, 3.8) is 0 Å². The molecule has 0 spiro atoms. The summed E-state index contributed by atoms with van der Waals surface area (Å²) in [7, 11) is 0. The van der Waals surface area contributed by atoms with Crippen LogP contribution in [-0.4, -0.2) is 17.1 Å². The number of hydrogen-bond donors (Lipinski definition) is 3. The van der Waals surface area contributed by atoms with Crippen LogP contribution in [-0.2, 0) is 4.79 Å². The average molecular weight is 228 g/mol. The van der Waals surface area contributed by atoms with Crippen molar-refractivity contribution in [2.24, 2.45) is 11.8 Å². The molecule has 2 atom stereocenters. The summed E-state index contributed by atoms with van der Waals surface area (Å²) in [5.41, 5.74) is 2.12. The van der Waals surface area contributed by atoms with Gasteiger partial charge in [-0.2, -0.15) is 0 Å². The van der Waals surface area contributed by atoms with Crippen LogP contribution in [0.1, 0.15) is 45.4 Å². The zero-order valence-corrected chi connectivity index (χ0v) is 10.1. The van der Waals surface area contributed by atoms with Crippen molar-refractivity contribution >= 4 is 5.91 Å². The van der Waals surface area contributed by atoms with Gasteiger partial charge in [-0.15, -0.1) is 6.58 Å². The van der Waals surface area contributed by atoms with Crippen LogP contribution in [0.4, 0.5) is 0 Å². The standard InChI is InChI=1S/C12H24N2O2/c1-3-5-6-8-11(15)9-10(7-4-2)12(16)14-13/h4,10-11,15H,2-3,5-9,13H2,1H3,(H,14,16). The van der Waals surface area contributed by atoms with Gasteiger partial charge in [-0.3, -0.25) is 10.2 Å². The summed E-state index contributed by atoms with van der Waals surface area (Å²) in [4.78, 5) is 11.4. The van der Waals surface area contributed by atoms with Crippen LogP contribution in [0.2, 0.25) is 0 Å². The van der Waals surface area contributed by atoms with Gasteiger partial charge in [0.15, 0.2) is 0 Å². The molecule has 0 aromatic carbocycles. The van der Waals surface area contributed by atoms with Gasteiger partial charge in [0.25, 0.3) is 0 Å². The molecule has 0 aliphatic rings. The summed E-state index contributed by atoms with van der Waals surface area (Å²) >= 11 is 0. The molecule has 0 radical (unpaired) electrons. The Kier molecular flexibility index (Phi) is 8.85. The molecule has 0 aromatic heterocycles. The Morgan fingerprint density at radius 2 is 2.25 bits per heavy atom. The minimum atomic E-state index is -0.422. The molecule has 16 heavy (non-hydrogen) atoms. The number of amides is 1. The van der Waals surface area contributed by atoms with Crippen molar-refractivity contribution in [1.29, 1.82) is 0 Å².